The van der Waals surface area contributed by atoms with Gasteiger partial charge in [-0.1, -0.05) is 0 Å². The monoisotopic (exact) mass is 220 g/mol. The van der Waals surface area contributed by atoms with Gasteiger partial charge in [-0.25, -0.2) is 0 Å². The molecule has 1 aliphatic carbocycles. The van der Waals surface area contributed by atoms with Crippen LogP contribution in [0.2, 0.25) is 0 Å². The summed E-state index contributed by atoms with van der Waals surface area (Å²) in [6, 6.07) is 3.51. The molecule has 1 aliphatic rings. The number of carbonyl (C=O) groups excluding carboxylic acids is 1. The van der Waals surface area contributed by atoms with E-state index in [4.69, 9.17) is 5.11 Å². The van der Waals surface area contributed by atoms with E-state index in [1.807, 2.05) is 6.92 Å². The van der Waals surface area contributed by atoms with E-state index in [2.05, 4.69) is 10.3 Å². The summed E-state index contributed by atoms with van der Waals surface area (Å²) >= 11 is 0. The summed E-state index contributed by atoms with van der Waals surface area (Å²) in [5.74, 6) is -0.106. The molecule has 2 rings (SSSR count). The van der Waals surface area contributed by atoms with Crippen molar-refractivity contribution in [3.05, 3.63) is 29.6 Å². The van der Waals surface area contributed by atoms with Crippen molar-refractivity contribution in [3.8, 4) is 0 Å². The number of rotatable bonds is 4. The van der Waals surface area contributed by atoms with Gasteiger partial charge in [0.1, 0.15) is 0 Å². The van der Waals surface area contributed by atoms with Crippen molar-refractivity contribution in [2.75, 3.05) is 13.2 Å². The summed E-state index contributed by atoms with van der Waals surface area (Å²) < 4.78 is 0. The van der Waals surface area contributed by atoms with Gasteiger partial charge in [0.25, 0.3) is 5.91 Å². The van der Waals surface area contributed by atoms with Crippen LogP contribution in [0.25, 0.3) is 0 Å². The highest BCUT2D eigenvalue weighted by atomic mass is 16.3. The van der Waals surface area contributed by atoms with Crippen LogP contribution in [0.15, 0.2) is 18.3 Å². The minimum atomic E-state index is -0.106. The number of carbonyl (C=O) groups is 1. The summed E-state index contributed by atoms with van der Waals surface area (Å²) in [6.45, 7) is 2.52. The molecular weight excluding hydrogens is 204 g/mol. The van der Waals surface area contributed by atoms with E-state index < -0.39 is 0 Å². The predicted molar refractivity (Wildman–Crippen MR) is 60.1 cm³/mol. The Bertz CT molecular complexity index is 400. The van der Waals surface area contributed by atoms with E-state index in [0.717, 1.165) is 18.5 Å². The largest absolute Gasteiger partial charge is 0.396 e. The first-order valence-electron chi connectivity index (χ1n) is 5.48. The highest BCUT2D eigenvalue weighted by molar-refractivity contribution is 5.95. The lowest BCUT2D eigenvalue weighted by Crippen LogP contribution is -2.32. The van der Waals surface area contributed by atoms with Crippen LogP contribution in [0.4, 0.5) is 0 Å². The number of aliphatic hydroxyl groups is 1. The Morgan fingerprint density at radius 2 is 2.38 bits per heavy atom. The number of nitrogens with one attached hydrogen (secondary N) is 1. The molecule has 0 spiro atoms. The number of hydrogen-bond acceptors (Lipinski definition) is 3. The minimum Gasteiger partial charge on any atom is -0.396 e. The van der Waals surface area contributed by atoms with E-state index in [-0.39, 0.29) is 17.9 Å². The van der Waals surface area contributed by atoms with Crippen LogP contribution in [-0.4, -0.2) is 29.1 Å². The molecule has 0 bridgehead atoms. The molecule has 0 saturated heterocycles. The van der Waals surface area contributed by atoms with Crippen molar-refractivity contribution in [3.63, 3.8) is 0 Å². The normalized spacial score (nSPS) is 16.9. The summed E-state index contributed by atoms with van der Waals surface area (Å²) in [7, 11) is 0. The third kappa shape index (κ3) is 2.22. The van der Waals surface area contributed by atoms with Crippen LogP contribution in [0.3, 0.4) is 0 Å². The molecule has 1 saturated carbocycles. The first-order valence-corrected chi connectivity index (χ1v) is 5.48. The second-order valence-electron chi connectivity index (χ2n) is 4.48. The maximum atomic E-state index is 11.8. The van der Waals surface area contributed by atoms with Crippen LogP contribution >= 0.6 is 0 Å². The van der Waals surface area contributed by atoms with Gasteiger partial charge in [0.2, 0.25) is 0 Å². The summed E-state index contributed by atoms with van der Waals surface area (Å²) in [4.78, 5) is 15.9. The lowest BCUT2D eigenvalue weighted by atomic mass is 10.1. The van der Waals surface area contributed by atoms with Crippen LogP contribution in [0.1, 0.15) is 28.9 Å². The molecule has 1 heterocycles. The van der Waals surface area contributed by atoms with Crippen molar-refractivity contribution in [2.24, 2.45) is 5.41 Å². The van der Waals surface area contributed by atoms with E-state index in [0.29, 0.717) is 12.1 Å². The topological polar surface area (TPSA) is 62.2 Å². The van der Waals surface area contributed by atoms with Crippen molar-refractivity contribution < 1.29 is 9.90 Å². The van der Waals surface area contributed by atoms with Crippen molar-refractivity contribution in [2.45, 2.75) is 19.8 Å². The molecular formula is C12H16N2O2. The van der Waals surface area contributed by atoms with Crippen molar-refractivity contribution in [1.82, 2.24) is 10.3 Å². The van der Waals surface area contributed by atoms with Gasteiger partial charge in [0.15, 0.2) is 0 Å². The van der Waals surface area contributed by atoms with Crippen LogP contribution in [0.5, 0.6) is 0 Å². The Hall–Kier alpha value is -1.42. The first kappa shape index (κ1) is 11.1. The highest BCUT2D eigenvalue weighted by Gasteiger charge is 2.42. The van der Waals surface area contributed by atoms with Crippen LogP contribution in [-0.2, 0) is 0 Å². The zero-order valence-corrected chi connectivity index (χ0v) is 9.36. The second-order valence-corrected chi connectivity index (χ2v) is 4.48. The average Bonchev–Trinajstić information content (AvgIpc) is 3.07. The van der Waals surface area contributed by atoms with E-state index in [1.54, 1.807) is 18.3 Å². The Kier molecular flexibility index (Phi) is 2.92. The molecule has 1 aromatic heterocycles. The highest BCUT2D eigenvalue weighted by Crippen LogP contribution is 2.44. The molecule has 0 aliphatic heterocycles. The molecule has 86 valence electrons. The molecule has 1 aromatic rings. The summed E-state index contributed by atoms with van der Waals surface area (Å²) in [6.07, 6.45) is 3.66. The third-order valence-electron chi connectivity index (χ3n) is 3.17. The molecule has 0 unspecified atom stereocenters. The summed E-state index contributed by atoms with van der Waals surface area (Å²) in [5, 5.41) is 12.0. The van der Waals surface area contributed by atoms with Gasteiger partial charge in [0.05, 0.1) is 12.2 Å². The quantitative estimate of drug-likeness (QED) is 0.792. The SMILES string of the molecule is Cc1ncccc1C(=O)NCC1(CO)CC1. The number of nitrogens with zero attached hydrogens (tertiary/aromatic N) is 1. The first-order chi connectivity index (χ1) is 7.67. The maximum absolute atomic E-state index is 11.8. The Morgan fingerprint density at radius 1 is 1.62 bits per heavy atom. The maximum Gasteiger partial charge on any atom is 0.253 e. The van der Waals surface area contributed by atoms with Gasteiger partial charge in [-0.15, -0.1) is 0 Å². The zero-order valence-electron chi connectivity index (χ0n) is 9.36. The van der Waals surface area contributed by atoms with Gasteiger partial charge in [-0.05, 0) is 31.9 Å². The Balaban J connectivity index is 1.96. The second kappa shape index (κ2) is 4.22. The van der Waals surface area contributed by atoms with Crippen LogP contribution < -0.4 is 5.32 Å². The number of hydrogen-bond donors (Lipinski definition) is 2. The molecule has 0 aromatic carbocycles. The molecule has 0 radical (unpaired) electrons. The fraction of sp³-hybridized carbons (Fsp3) is 0.500. The predicted octanol–water partition coefficient (Wildman–Crippen LogP) is 0.892. The number of aliphatic hydroxyl groups excluding tert-OH is 1. The molecule has 16 heavy (non-hydrogen) atoms. The number of amides is 1. The van der Waals surface area contributed by atoms with Gasteiger partial charge >= 0.3 is 0 Å². The van der Waals surface area contributed by atoms with E-state index in [9.17, 15) is 4.79 Å². The van der Waals surface area contributed by atoms with E-state index in [1.165, 1.54) is 0 Å². The standard InChI is InChI=1S/C12H16N2O2/c1-9-10(3-2-6-13-9)11(16)14-7-12(8-15)4-5-12/h2-3,6,15H,4-5,7-8H2,1H3,(H,14,16). The van der Waals surface area contributed by atoms with Crippen LogP contribution in [0, 0.1) is 12.3 Å². The number of aromatic nitrogens is 1. The lowest BCUT2D eigenvalue weighted by molar-refractivity contribution is 0.0934. The zero-order chi connectivity index (χ0) is 11.6. The minimum absolute atomic E-state index is 0.0498. The smallest absolute Gasteiger partial charge is 0.253 e. The van der Waals surface area contributed by atoms with Crippen molar-refractivity contribution >= 4 is 5.91 Å². The molecule has 4 heteroatoms. The van der Waals surface area contributed by atoms with Gasteiger partial charge in [-0.2, -0.15) is 0 Å². The number of pyridine rings is 1. The van der Waals surface area contributed by atoms with Gasteiger partial charge in [-0.3, -0.25) is 9.78 Å². The Labute approximate surface area is 94.7 Å². The van der Waals surface area contributed by atoms with Crippen molar-refractivity contribution in [1.29, 1.82) is 0 Å². The third-order valence-corrected chi connectivity index (χ3v) is 3.17. The Morgan fingerprint density at radius 3 is 2.94 bits per heavy atom. The summed E-state index contributed by atoms with van der Waals surface area (Å²) in [5.41, 5.74) is 1.29. The number of aryl methyl sites for hydroxylation is 1. The average molecular weight is 220 g/mol. The fourth-order valence-corrected chi connectivity index (χ4v) is 1.65. The molecule has 1 fully saturated rings. The molecule has 2 N–H and O–H groups in total. The van der Waals surface area contributed by atoms with E-state index >= 15 is 0 Å². The molecule has 0 atom stereocenters. The fourth-order valence-electron chi connectivity index (χ4n) is 1.65. The van der Waals surface area contributed by atoms with Gasteiger partial charge in [0, 0.05) is 23.9 Å². The molecule has 1 amide bonds. The van der Waals surface area contributed by atoms with Gasteiger partial charge < -0.3 is 10.4 Å². The lowest BCUT2D eigenvalue weighted by Gasteiger charge is -2.13. The molecule has 4 nitrogen and oxygen atoms in total.